The van der Waals surface area contributed by atoms with Crippen LogP contribution in [0.2, 0.25) is 0 Å². The molecule has 2 N–H and O–H groups in total. The first-order valence-corrected chi connectivity index (χ1v) is 6.36. The number of nitrogens with one attached hydrogen (secondary N) is 1. The maximum atomic E-state index is 11.6. The fourth-order valence-electron chi connectivity index (χ4n) is 1.63. The van der Waals surface area contributed by atoms with Crippen LogP contribution in [0.25, 0.3) is 0 Å². The molecule has 1 fully saturated rings. The van der Waals surface area contributed by atoms with Crippen LogP contribution in [0.3, 0.4) is 0 Å². The van der Waals surface area contributed by atoms with Gasteiger partial charge in [0.05, 0.1) is 13.2 Å². The zero-order valence-electron chi connectivity index (χ0n) is 10.2. The second-order valence-corrected chi connectivity index (χ2v) is 4.60. The summed E-state index contributed by atoms with van der Waals surface area (Å²) in [6.07, 6.45) is 4.72. The van der Waals surface area contributed by atoms with E-state index in [2.05, 4.69) is 12.2 Å². The average molecular weight is 228 g/mol. The zero-order valence-corrected chi connectivity index (χ0v) is 10.2. The fraction of sp³-hybridized carbons (Fsp3) is 0.917. The Morgan fingerprint density at radius 1 is 1.44 bits per heavy atom. The first kappa shape index (κ1) is 13.5. The smallest absolute Gasteiger partial charge is 0.234 e. The van der Waals surface area contributed by atoms with Crippen molar-refractivity contribution in [3.05, 3.63) is 0 Å². The molecule has 4 nitrogen and oxygen atoms in total. The van der Waals surface area contributed by atoms with Crippen molar-refractivity contribution in [2.75, 3.05) is 32.8 Å². The number of carbonyl (C=O) groups excluding carboxylic acids is 1. The molecule has 1 amide bonds. The summed E-state index contributed by atoms with van der Waals surface area (Å²) in [6, 6.07) is 0. The molecule has 4 heteroatoms. The van der Waals surface area contributed by atoms with Gasteiger partial charge in [0.1, 0.15) is 0 Å². The van der Waals surface area contributed by atoms with Gasteiger partial charge in [-0.3, -0.25) is 9.69 Å². The Bertz CT molecular complexity index is 205. The Balaban J connectivity index is 2.13. The van der Waals surface area contributed by atoms with Crippen LogP contribution in [0.5, 0.6) is 0 Å². The number of amides is 1. The second kappa shape index (κ2) is 7.63. The molecule has 0 heterocycles. The van der Waals surface area contributed by atoms with E-state index in [4.69, 9.17) is 5.11 Å². The Morgan fingerprint density at radius 2 is 2.19 bits per heavy atom. The van der Waals surface area contributed by atoms with E-state index in [0.717, 1.165) is 31.8 Å². The van der Waals surface area contributed by atoms with Gasteiger partial charge < -0.3 is 10.4 Å². The van der Waals surface area contributed by atoms with Crippen molar-refractivity contribution >= 4 is 5.91 Å². The molecule has 0 spiro atoms. The lowest BCUT2D eigenvalue weighted by atomic mass is 10.3. The summed E-state index contributed by atoms with van der Waals surface area (Å²) < 4.78 is 0. The Morgan fingerprint density at radius 3 is 2.75 bits per heavy atom. The SMILES string of the molecule is CCCCN(CCO)CC(=O)NCC1CC1. The topological polar surface area (TPSA) is 52.6 Å². The van der Waals surface area contributed by atoms with Gasteiger partial charge in [0.2, 0.25) is 5.91 Å². The zero-order chi connectivity index (χ0) is 11.8. The van der Waals surface area contributed by atoms with E-state index in [1.165, 1.54) is 12.8 Å². The monoisotopic (exact) mass is 228 g/mol. The molecule has 1 aliphatic rings. The summed E-state index contributed by atoms with van der Waals surface area (Å²) in [6.45, 7) is 5.00. The quantitative estimate of drug-likeness (QED) is 0.608. The Labute approximate surface area is 98.0 Å². The highest BCUT2D eigenvalue weighted by Crippen LogP contribution is 2.27. The van der Waals surface area contributed by atoms with Crippen molar-refractivity contribution < 1.29 is 9.90 Å². The number of rotatable bonds is 9. The molecule has 0 aliphatic heterocycles. The van der Waals surface area contributed by atoms with Gasteiger partial charge in [0.25, 0.3) is 0 Å². The molecule has 0 aromatic rings. The number of nitrogens with zero attached hydrogens (tertiary/aromatic N) is 1. The lowest BCUT2D eigenvalue weighted by molar-refractivity contribution is -0.122. The summed E-state index contributed by atoms with van der Waals surface area (Å²) in [5, 5.41) is 11.9. The molecule has 0 aromatic heterocycles. The standard InChI is InChI=1S/C12H24N2O2/c1-2-3-6-14(7-8-15)10-12(16)13-9-11-4-5-11/h11,15H,2-10H2,1H3,(H,13,16). The predicted octanol–water partition coefficient (Wildman–Crippen LogP) is 0.607. The van der Waals surface area contributed by atoms with E-state index in [0.29, 0.717) is 13.1 Å². The molecule has 0 aromatic carbocycles. The van der Waals surface area contributed by atoms with Crippen LogP contribution in [0, 0.1) is 5.92 Å². The van der Waals surface area contributed by atoms with Gasteiger partial charge in [-0.05, 0) is 31.7 Å². The maximum Gasteiger partial charge on any atom is 0.234 e. The Hall–Kier alpha value is -0.610. The van der Waals surface area contributed by atoms with Crippen LogP contribution in [-0.4, -0.2) is 48.7 Å². The predicted molar refractivity (Wildman–Crippen MR) is 64.2 cm³/mol. The number of aliphatic hydroxyl groups excluding tert-OH is 1. The van der Waals surface area contributed by atoms with Crippen molar-refractivity contribution in [3.63, 3.8) is 0 Å². The van der Waals surface area contributed by atoms with Crippen LogP contribution >= 0.6 is 0 Å². The van der Waals surface area contributed by atoms with Crippen molar-refractivity contribution in [2.45, 2.75) is 32.6 Å². The normalized spacial score (nSPS) is 15.4. The van der Waals surface area contributed by atoms with Crippen molar-refractivity contribution in [1.82, 2.24) is 10.2 Å². The van der Waals surface area contributed by atoms with Gasteiger partial charge in [-0.1, -0.05) is 13.3 Å². The molecule has 0 bridgehead atoms. The summed E-state index contributed by atoms with van der Waals surface area (Å²) in [7, 11) is 0. The fourth-order valence-corrected chi connectivity index (χ4v) is 1.63. The highest BCUT2D eigenvalue weighted by atomic mass is 16.3. The van der Waals surface area contributed by atoms with E-state index in [1.807, 2.05) is 4.90 Å². The minimum absolute atomic E-state index is 0.0939. The number of carbonyl (C=O) groups is 1. The summed E-state index contributed by atoms with van der Waals surface area (Å²) in [4.78, 5) is 13.6. The van der Waals surface area contributed by atoms with Gasteiger partial charge in [0.15, 0.2) is 0 Å². The summed E-state index contributed by atoms with van der Waals surface area (Å²) in [5.74, 6) is 0.822. The van der Waals surface area contributed by atoms with Gasteiger partial charge in [-0.2, -0.15) is 0 Å². The molecule has 0 radical (unpaired) electrons. The largest absolute Gasteiger partial charge is 0.395 e. The third kappa shape index (κ3) is 6.08. The molecular formula is C12H24N2O2. The number of unbranched alkanes of at least 4 members (excludes halogenated alkanes) is 1. The lowest BCUT2D eigenvalue weighted by Crippen LogP contribution is -2.39. The highest BCUT2D eigenvalue weighted by Gasteiger charge is 2.21. The Kier molecular flexibility index (Phi) is 6.42. The van der Waals surface area contributed by atoms with Gasteiger partial charge in [-0.25, -0.2) is 0 Å². The number of hydrogen-bond acceptors (Lipinski definition) is 3. The van der Waals surface area contributed by atoms with Crippen molar-refractivity contribution in [3.8, 4) is 0 Å². The van der Waals surface area contributed by atoms with Crippen LogP contribution < -0.4 is 5.32 Å². The molecule has 0 unspecified atom stereocenters. The molecule has 0 atom stereocenters. The molecule has 1 aliphatic carbocycles. The van der Waals surface area contributed by atoms with Gasteiger partial charge >= 0.3 is 0 Å². The van der Waals surface area contributed by atoms with E-state index in [9.17, 15) is 4.79 Å². The number of aliphatic hydroxyl groups is 1. The molecular weight excluding hydrogens is 204 g/mol. The van der Waals surface area contributed by atoms with Crippen LogP contribution in [-0.2, 0) is 4.79 Å². The van der Waals surface area contributed by atoms with E-state index in [1.54, 1.807) is 0 Å². The van der Waals surface area contributed by atoms with Crippen LogP contribution in [0.1, 0.15) is 32.6 Å². The first-order chi connectivity index (χ1) is 7.76. The van der Waals surface area contributed by atoms with E-state index >= 15 is 0 Å². The van der Waals surface area contributed by atoms with Crippen LogP contribution in [0.4, 0.5) is 0 Å². The van der Waals surface area contributed by atoms with Gasteiger partial charge in [-0.15, -0.1) is 0 Å². The maximum absolute atomic E-state index is 11.6. The van der Waals surface area contributed by atoms with Crippen LogP contribution in [0.15, 0.2) is 0 Å². The lowest BCUT2D eigenvalue weighted by Gasteiger charge is -2.20. The summed E-state index contributed by atoms with van der Waals surface area (Å²) >= 11 is 0. The molecule has 0 saturated heterocycles. The van der Waals surface area contributed by atoms with Crippen molar-refractivity contribution in [1.29, 1.82) is 0 Å². The second-order valence-electron chi connectivity index (χ2n) is 4.60. The van der Waals surface area contributed by atoms with E-state index < -0.39 is 0 Å². The highest BCUT2D eigenvalue weighted by molar-refractivity contribution is 5.78. The number of hydrogen-bond donors (Lipinski definition) is 2. The summed E-state index contributed by atoms with van der Waals surface area (Å²) in [5.41, 5.74) is 0. The van der Waals surface area contributed by atoms with Gasteiger partial charge in [0, 0.05) is 13.1 Å². The minimum atomic E-state index is 0.0939. The third-order valence-corrected chi connectivity index (χ3v) is 2.90. The molecule has 1 saturated carbocycles. The molecule has 16 heavy (non-hydrogen) atoms. The molecule has 94 valence electrons. The first-order valence-electron chi connectivity index (χ1n) is 6.36. The molecule has 1 rings (SSSR count). The minimum Gasteiger partial charge on any atom is -0.395 e. The third-order valence-electron chi connectivity index (χ3n) is 2.90. The van der Waals surface area contributed by atoms with Crippen molar-refractivity contribution in [2.24, 2.45) is 5.92 Å². The van der Waals surface area contributed by atoms with E-state index in [-0.39, 0.29) is 12.5 Å². The average Bonchev–Trinajstić information content (AvgIpc) is 3.07.